The van der Waals surface area contributed by atoms with Gasteiger partial charge >= 0.3 is 6.36 Å². The Kier molecular flexibility index (Phi) is 8.46. The van der Waals surface area contributed by atoms with E-state index in [1.165, 1.54) is 24.3 Å². The quantitative estimate of drug-likeness (QED) is 0.346. The molecule has 1 amide bonds. The summed E-state index contributed by atoms with van der Waals surface area (Å²) in [4.78, 5) is 13.1. The van der Waals surface area contributed by atoms with Crippen LogP contribution < -0.4 is 15.4 Å². The number of rotatable bonds is 5. The van der Waals surface area contributed by atoms with E-state index < -0.39 is 35.9 Å². The van der Waals surface area contributed by atoms with Crippen LogP contribution in [-0.4, -0.2) is 28.1 Å². The first-order valence-electron chi connectivity index (χ1n) is 11.2. The number of anilines is 1. The van der Waals surface area contributed by atoms with Crippen molar-refractivity contribution in [2.24, 2.45) is 0 Å². The Bertz CT molecular complexity index is 1260. The van der Waals surface area contributed by atoms with Gasteiger partial charge < -0.3 is 10.1 Å². The van der Waals surface area contributed by atoms with Crippen molar-refractivity contribution in [3.05, 3.63) is 76.8 Å². The normalized spacial score (nSPS) is 19.8. The molecule has 0 spiro atoms. The second-order valence-electron chi connectivity index (χ2n) is 9.63. The number of carbonyl (C=O) groups is 1. The summed E-state index contributed by atoms with van der Waals surface area (Å²) in [6, 6.07) is 10.2. The van der Waals surface area contributed by atoms with Crippen LogP contribution in [0.3, 0.4) is 0 Å². The van der Waals surface area contributed by atoms with Crippen LogP contribution in [0.2, 0.25) is 5.02 Å². The molecule has 1 aliphatic heterocycles. The summed E-state index contributed by atoms with van der Waals surface area (Å²) >= 11 is 5.86. The number of aromatic nitrogens is 2. The van der Waals surface area contributed by atoms with Gasteiger partial charge in [-0.3, -0.25) is 14.8 Å². The molecule has 2 aromatic carbocycles. The van der Waals surface area contributed by atoms with E-state index in [9.17, 15) is 22.4 Å². The molecule has 2 heterocycles. The maximum Gasteiger partial charge on any atom is 0.573 e. The molecule has 3 aromatic rings. The van der Waals surface area contributed by atoms with Crippen molar-refractivity contribution in [1.82, 2.24) is 15.1 Å². The highest BCUT2D eigenvalue weighted by Crippen LogP contribution is 2.41. The number of nitrogens with zero attached hydrogens (tertiary/aromatic N) is 2. The first-order chi connectivity index (χ1) is 16.8. The standard InChI is InChI=1S/C25H25ClF4N4O2.ClH/c1-24(2,3)34-10-9-20(33-34)17-13-21(32-22(17)14-7-8-18(26)19(27)11-14)23(35)31-15-5-4-6-16(12-15)36-25(28,29)30;/h4-12,17,21-22,32H,13H2,1-3H3,(H,31,35);1H/t17?,21-,22-;/m0./s1. The minimum Gasteiger partial charge on any atom is -0.406 e. The zero-order valence-corrected chi connectivity index (χ0v) is 21.7. The van der Waals surface area contributed by atoms with E-state index in [2.05, 4.69) is 15.4 Å². The van der Waals surface area contributed by atoms with E-state index in [1.54, 1.807) is 6.07 Å². The summed E-state index contributed by atoms with van der Waals surface area (Å²) in [5.41, 5.74) is 1.22. The zero-order valence-electron chi connectivity index (χ0n) is 20.1. The largest absolute Gasteiger partial charge is 0.573 e. The highest BCUT2D eigenvalue weighted by Gasteiger charge is 2.40. The van der Waals surface area contributed by atoms with Gasteiger partial charge in [0.25, 0.3) is 0 Å². The van der Waals surface area contributed by atoms with Gasteiger partial charge in [0, 0.05) is 29.9 Å². The number of nitrogens with one attached hydrogen (secondary N) is 2. The van der Waals surface area contributed by atoms with Crippen molar-refractivity contribution in [2.75, 3.05) is 5.32 Å². The molecule has 3 atom stereocenters. The van der Waals surface area contributed by atoms with Gasteiger partial charge in [0.1, 0.15) is 11.6 Å². The summed E-state index contributed by atoms with van der Waals surface area (Å²) < 4.78 is 57.7. The summed E-state index contributed by atoms with van der Waals surface area (Å²) in [5.74, 6) is -1.75. The van der Waals surface area contributed by atoms with Crippen molar-refractivity contribution in [3.63, 3.8) is 0 Å². The van der Waals surface area contributed by atoms with E-state index >= 15 is 0 Å². The van der Waals surface area contributed by atoms with Crippen LogP contribution in [0, 0.1) is 5.82 Å². The van der Waals surface area contributed by atoms with Crippen LogP contribution in [0.25, 0.3) is 0 Å². The molecule has 1 aromatic heterocycles. The lowest BCUT2D eigenvalue weighted by molar-refractivity contribution is -0.274. The first-order valence-corrected chi connectivity index (χ1v) is 11.6. The Balaban J connectivity index is 0.00000380. The molecule has 1 aliphatic rings. The second-order valence-corrected chi connectivity index (χ2v) is 10.0. The molecule has 2 N–H and O–H groups in total. The van der Waals surface area contributed by atoms with Crippen LogP contribution in [0.15, 0.2) is 54.7 Å². The molecule has 1 saturated heterocycles. The van der Waals surface area contributed by atoms with E-state index in [4.69, 9.17) is 16.7 Å². The van der Waals surface area contributed by atoms with Crippen molar-refractivity contribution < 1.29 is 27.1 Å². The van der Waals surface area contributed by atoms with Crippen LogP contribution in [0.4, 0.5) is 23.2 Å². The summed E-state index contributed by atoms with van der Waals surface area (Å²) in [5, 5.41) is 10.6. The summed E-state index contributed by atoms with van der Waals surface area (Å²) in [7, 11) is 0. The Morgan fingerprint density at radius 2 is 1.89 bits per heavy atom. The average Bonchev–Trinajstić information content (AvgIpc) is 3.42. The lowest BCUT2D eigenvalue weighted by atomic mass is 9.90. The van der Waals surface area contributed by atoms with E-state index in [1.807, 2.05) is 37.7 Å². The van der Waals surface area contributed by atoms with E-state index in [0.29, 0.717) is 12.0 Å². The summed E-state index contributed by atoms with van der Waals surface area (Å²) in [6.07, 6.45) is -2.66. The third kappa shape index (κ3) is 6.94. The molecule has 200 valence electrons. The number of amides is 1. The molecule has 0 aliphatic carbocycles. The molecule has 12 heteroatoms. The minimum atomic E-state index is -4.85. The van der Waals surface area contributed by atoms with Crippen molar-refractivity contribution >= 4 is 35.6 Å². The number of alkyl halides is 3. The number of carbonyl (C=O) groups excluding carboxylic acids is 1. The van der Waals surface area contributed by atoms with Crippen LogP contribution in [-0.2, 0) is 10.3 Å². The topological polar surface area (TPSA) is 68.2 Å². The lowest BCUT2D eigenvalue weighted by Crippen LogP contribution is -2.36. The van der Waals surface area contributed by atoms with Gasteiger partial charge in [0.15, 0.2) is 0 Å². The highest BCUT2D eigenvalue weighted by molar-refractivity contribution is 6.30. The molecule has 0 radical (unpaired) electrons. The van der Waals surface area contributed by atoms with E-state index in [0.717, 1.165) is 17.8 Å². The molecular formula is C25H26Cl2F4N4O2. The van der Waals surface area contributed by atoms with Gasteiger partial charge in [-0.2, -0.15) is 5.10 Å². The number of benzene rings is 2. The van der Waals surface area contributed by atoms with E-state index in [-0.39, 0.29) is 34.6 Å². The maximum atomic E-state index is 14.3. The molecule has 0 bridgehead atoms. The van der Waals surface area contributed by atoms with Gasteiger partial charge in [-0.25, -0.2) is 4.39 Å². The molecule has 37 heavy (non-hydrogen) atoms. The lowest BCUT2D eigenvalue weighted by Gasteiger charge is -2.21. The average molecular weight is 561 g/mol. The monoisotopic (exact) mass is 560 g/mol. The van der Waals surface area contributed by atoms with Crippen LogP contribution >= 0.6 is 24.0 Å². The Hall–Kier alpha value is -2.82. The molecule has 4 rings (SSSR count). The Morgan fingerprint density at radius 1 is 1.16 bits per heavy atom. The van der Waals surface area contributed by atoms with Gasteiger partial charge in [0.2, 0.25) is 5.91 Å². The third-order valence-corrected chi connectivity index (χ3v) is 6.21. The third-order valence-electron chi connectivity index (χ3n) is 5.90. The zero-order chi connectivity index (χ0) is 26.3. The van der Waals surface area contributed by atoms with Gasteiger partial charge in [-0.15, -0.1) is 25.6 Å². The number of ether oxygens (including phenoxy) is 1. The number of hydrogen-bond donors (Lipinski definition) is 2. The van der Waals surface area contributed by atoms with Crippen LogP contribution in [0.1, 0.15) is 50.4 Å². The van der Waals surface area contributed by atoms with Gasteiger partial charge in [-0.05, 0) is 63.1 Å². The Labute approximate surface area is 222 Å². The maximum absolute atomic E-state index is 14.3. The van der Waals surface area contributed by atoms with Crippen molar-refractivity contribution in [3.8, 4) is 5.75 Å². The number of hydrogen-bond acceptors (Lipinski definition) is 4. The smallest absolute Gasteiger partial charge is 0.406 e. The van der Waals surface area contributed by atoms with Gasteiger partial charge in [0.05, 0.1) is 22.3 Å². The highest BCUT2D eigenvalue weighted by atomic mass is 35.5. The fourth-order valence-corrected chi connectivity index (χ4v) is 4.33. The van der Waals surface area contributed by atoms with Crippen LogP contribution in [0.5, 0.6) is 5.75 Å². The fourth-order valence-electron chi connectivity index (χ4n) is 4.21. The second kappa shape index (κ2) is 10.9. The molecule has 1 unspecified atom stereocenters. The first kappa shape index (κ1) is 28.7. The van der Waals surface area contributed by atoms with Crippen molar-refractivity contribution in [2.45, 2.75) is 57.1 Å². The predicted molar refractivity (Wildman–Crippen MR) is 135 cm³/mol. The van der Waals surface area contributed by atoms with Gasteiger partial charge in [-0.1, -0.05) is 23.7 Å². The minimum absolute atomic E-state index is 0. The van der Waals surface area contributed by atoms with Crippen molar-refractivity contribution in [1.29, 1.82) is 0 Å². The predicted octanol–water partition coefficient (Wildman–Crippen LogP) is 6.58. The molecule has 0 saturated carbocycles. The Morgan fingerprint density at radius 3 is 2.51 bits per heavy atom. The molecule has 1 fully saturated rings. The fraction of sp³-hybridized carbons (Fsp3) is 0.360. The molecule has 6 nitrogen and oxygen atoms in total. The number of halogens is 6. The molecular weight excluding hydrogens is 535 g/mol. The SMILES string of the molecule is CC(C)(C)n1ccc(C2C[C@@H](C(=O)Nc3cccc(OC(F)(F)F)c3)N[C@H]2c2ccc(Cl)c(F)c2)n1.Cl. The summed E-state index contributed by atoms with van der Waals surface area (Å²) in [6.45, 7) is 6.03.